The summed E-state index contributed by atoms with van der Waals surface area (Å²) < 4.78 is 5.90. The molecule has 0 spiro atoms. The molecule has 130 valence electrons. The Balaban J connectivity index is 1.64. The first-order chi connectivity index (χ1) is 10.8. The number of hydrogen-bond acceptors (Lipinski definition) is 1. The van der Waals surface area contributed by atoms with Crippen LogP contribution >= 0.6 is 0 Å². The molecule has 0 aromatic heterocycles. The Morgan fingerprint density at radius 2 is 1.61 bits per heavy atom. The van der Waals surface area contributed by atoms with Gasteiger partial charge in [-0.15, -0.1) is 0 Å². The van der Waals surface area contributed by atoms with E-state index in [-0.39, 0.29) is 5.41 Å². The van der Waals surface area contributed by atoms with Crippen molar-refractivity contribution >= 4 is 0 Å². The molecule has 0 unspecified atom stereocenters. The molecule has 2 atom stereocenters. The molecule has 2 rings (SSSR count). The van der Waals surface area contributed by atoms with E-state index in [4.69, 9.17) is 4.74 Å². The lowest BCUT2D eigenvalue weighted by Gasteiger charge is -2.32. The normalized spacial score (nSPS) is 25.3. The van der Waals surface area contributed by atoms with E-state index in [9.17, 15) is 0 Å². The van der Waals surface area contributed by atoms with Gasteiger partial charge in [-0.3, -0.25) is 0 Å². The van der Waals surface area contributed by atoms with Gasteiger partial charge in [-0.05, 0) is 42.4 Å². The van der Waals surface area contributed by atoms with E-state index in [1.165, 1.54) is 38.0 Å². The Morgan fingerprint density at radius 1 is 1.00 bits per heavy atom. The highest BCUT2D eigenvalue weighted by molar-refractivity contribution is 5.31. The van der Waals surface area contributed by atoms with E-state index < -0.39 is 0 Å². The summed E-state index contributed by atoms with van der Waals surface area (Å²) in [6.45, 7) is 16.4. The SMILES string of the molecule is C[C@H]1C[C@H](C)C[NH+](CCCCOc2ccc(C(C)(C)C)cc2)C1. The minimum atomic E-state index is 0.212. The van der Waals surface area contributed by atoms with Crippen molar-refractivity contribution in [2.45, 2.75) is 59.3 Å². The maximum atomic E-state index is 5.90. The number of likely N-dealkylation sites (tertiary alicyclic amines) is 1. The zero-order chi connectivity index (χ0) is 16.9. The van der Waals surface area contributed by atoms with Crippen molar-refractivity contribution in [3.63, 3.8) is 0 Å². The average Bonchev–Trinajstić information content (AvgIpc) is 2.45. The Hall–Kier alpha value is -1.02. The van der Waals surface area contributed by atoms with Gasteiger partial charge in [0.25, 0.3) is 0 Å². The average molecular weight is 319 g/mol. The lowest BCUT2D eigenvalue weighted by atomic mass is 9.87. The molecule has 1 N–H and O–H groups in total. The van der Waals surface area contributed by atoms with Gasteiger partial charge in [0.05, 0.1) is 26.2 Å². The van der Waals surface area contributed by atoms with Crippen molar-refractivity contribution in [2.24, 2.45) is 11.8 Å². The second-order valence-corrected chi connectivity index (χ2v) is 8.68. The lowest BCUT2D eigenvalue weighted by Crippen LogP contribution is -3.14. The number of rotatable bonds is 6. The van der Waals surface area contributed by atoms with Crippen LogP contribution in [0.4, 0.5) is 0 Å². The maximum Gasteiger partial charge on any atom is 0.119 e. The van der Waals surface area contributed by atoms with Crippen LogP contribution in [0.3, 0.4) is 0 Å². The molecular weight excluding hydrogens is 282 g/mol. The largest absolute Gasteiger partial charge is 0.494 e. The second-order valence-electron chi connectivity index (χ2n) is 8.68. The van der Waals surface area contributed by atoms with Crippen molar-refractivity contribution in [1.82, 2.24) is 0 Å². The van der Waals surface area contributed by atoms with Crippen molar-refractivity contribution in [3.05, 3.63) is 29.8 Å². The molecule has 0 amide bonds. The molecule has 0 saturated carbocycles. The molecule has 23 heavy (non-hydrogen) atoms. The molecule has 0 radical (unpaired) electrons. The zero-order valence-electron chi connectivity index (χ0n) is 15.8. The summed E-state index contributed by atoms with van der Waals surface area (Å²) in [4.78, 5) is 1.80. The fourth-order valence-electron chi connectivity index (χ4n) is 3.84. The summed E-state index contributed by atoms with van der Waals surface area (Å²) >= 11 is 0. The second kappa shape index (κ2) is 8.19. The van der Waals surface area contributed by atoms with Crippen molar-refractivity contribution < 1.29 is 9.64 Å². The standard InChI is InChI=1S/C21H35NO/c1-17-14-18(2)16-22(15-17)12-6-7-13-23-20-10-8-19(9-11-20)21(3,4)5/h8-11,17-18H,6-7,12-16H2,1-5H3/p+1/t17-,18-/m0/s1. The Morgan fingerprint density at radius 3 is 2.17 bits per heavy atom. The highest BCUT2D eigenvalue weighted by atomic mass is 16.5. The van der Waals surface area contributed by atoms with Crippen LogP contribution in [-0.2, 0) is 5.41 Å². The van der Waals surface area contributed by atoms with Gasteiger partial charge in [0.1, 0.15) is 5.75 Å². The highest BCUT2D eigenvalue weighted by Crippen LogP contribution is 2.24. The van der Waals surface area contributed by atoms with Crippen LogP contribution in [0.5, 0.6) is 5.75 Å². The fourth-order valence-corrected chi connectivity index (χ4v) is 3.84. The molecular formula is C21H36NO+. The molecule has 1 fully saturated rings. The van der Waals surface area contributed by atoms with Gasteiger partial charge in [0.15, 0.2) is 0 Å². The molecule has 2 heteroatoms. The van der Waals surface area contributed by atoms with Gasteiger partial charge in [-0.25, -0.2) is 0 Å². The number of ether oxygens (including phenoxy) is 1. The van der Waals surface area contributed by atoms with Crippen LogP contribution in [-0.4, -0.2) is 26.2 Å². The summed E-state index contributed by atoms with van der Waals surface area (Å²) in [7, 11) is 0. The van der Waals surface area contributed by atoms with Crippen LogP contribution in [0.15, 0.2) is 24.3 Å². The quantitative estimate of drug-likeness (QED) is 0.790. The van der Waals surface area contributed by atoms with Crippen molar-refractivity contribution in [2.75, 3.05) is 26.2 Å². The van der Waals surface area contributed by atoms with E-state index in [2.05, 4.69) is 58.9 Å². The Labute approximate surface area is 143 Å². The minimum Gasteiger partial charge on any atom is -0.494 e. The lowest BCUT2D eigenvalue weighted by molar-refractivity contribution is -0.912. The summed E-state index contributed by atoms with van der Waals surface area (Å²) in [5, 5.41) is 0. The third-order valence-electron chi connectivity index (χ3n) is 4.99. The molecule has 2 nitrogen and oxygen atoms in total. The van der Waals surface area contributed by atoms with Gasteiger partial charge >= 0.3 is 0 Å². The fraction of sp³-hybridized carbons (Fsp3) is 0.714. The summed E-state index contributed by atoms with van der Waals surface area (Å²) in [6, 6.07) is 8.60. The highest BCUT2D eigenvalue weighted by Gasteiger charge is 2.24. The number of unbranched alkanes of at least 4 members (excludes halogenated alkanes) is 1. The van der Waals surface area contributed by atoms with Gasteiger partial charge in [-0.1, -0.05) is 46.8 Å². The first kappa shape index (κ1) is 18.3. The summed E-state index contributed by atoms with van der Waals surface area (Å²) in [5.74, 6) is 2.79. The Bertz CT molecular complexity index is 450. The van der Waals surface area contributed by atoms with E-state index in [0.717, 1.165) is 30.6 Å². The zero-order valence-corrected chi connectivity index (χ0v) is 15.8. The number of hydrogen-bond donors (Lipinski definition) is 1. The predicted octanol–water partition coefficient (Wildman–Crippen LogP) is 3.70. The summed E-state index contributed by atoms with van der Waals surface area (Å²) in [6.07, 6.45) is 3.85. The number of quaternary nitrogens is 1. The monoisotopic (exact) mass is 318 g/mol. The van der Waals surface area contributed by atoms with Crippen molar-refractivity contribution in [3.8, 4) is 5.75 Å². The molecule has 1 aromatic rings. The Kier molecular flexibility index (Phi) is 6.52. The first-order valence-electron chi connectivity index (χ1n) is 9.41. The third-order valence-corrected chi connectivity index (χ3v) is 4.99. The van der Waals surface area contributed by atoms with Crippen LogP contribution in [0, 0.1) is 11.8 Å². The van der Waals surface area contributed by atoms with Crippen LogP contribution in [0.25, 0.3) is 0 Å². The molecule has 1 aliphatic rings. The van der Waals surface area contributed by atoms with E-state index in [0.29, 0.717) is 0 Å². The van der Waals surface area contributed by atoms with Crippen LogP contribution in [0.1, 0.15) is 59.4 Å². The smallest absolute Gasteiger partial charge is 0.119 e. The van der Waals surface area contributed by atoms with E-state index >= 15 is 0 Å². The number of benzene rings is 1. The van der Waals surface area contributed by atoms with Gasteiger partial charge in [0, 0.05) is 11.8 Å². The molecule has 1 saturated heterocycles. The topological polar surface area (TPSA) is 13.7 Å². The van der Waals surface area contributed by atoms with E-state index in [1.807, 2.05) is 0 Å². The van der Waals surface area contributed by atoms with Crippen LogP contribution in [0.2, 0.25) is 0 Å². The van der Waals surface area contributed by atoms with Crippen LogP contribution < -0.4 is 9.64 Å². The number of nitrogens with one attached hydrogen (secondary N) is 1. The molecule has 0 bridgehead atoms. The molecule has 1 aromatic carbocycles. The van der Waals surface area contributed by atoms with Gasteiger partial charge in [-0.2, -0.15) is 0 Å². The van der Waals surface area contributed by atoms with Crippen molar-refractivity contribution in [1.29, 1.82) is 0 Å². The molecule has 1 aliphatic heterocycles. The van der Waals surface area contributed by atoms with E-state index in [1.54, 1.807) is 4.90 Å². The minimum absolute atomic E-state index is 0.212. The van der Waals surface area contributed by atoms with Gasteiger partial charge < -0.3 is 9.64 Å². The molecule has 0 aliphatic carbocycles. The van der Waals surface area contributed by atoms with Gasteiger partial charge in [0.2, 0.25) is 0 Å². The number of piperidine rings is 1. The molecule has 1 heterocycles. The predicted molar refractivity (Wildman–Crippen MR) is 98.4 cm³/mol. The summed E-state index contributed by atoms with van der Waals surface area (Å²) in [5.41, 5.74) is 1.58. The maximum absolute atomic E-state index is 5.90. The third kappa shape index (κ3) is 6.18. The first-order valence-corrected chi connectivity index (χ1v) is 9.41.